The quantitative estimate of drug-likeness (QED) is 0.920. The normalized spacial score (nSPS) is 18.9. The smallest absolute Gasteiger partial charge is 0.251 e. The van der Waals surface area contributed by atoms with E-state index in [0.717, 1.165) is 25.2 Å². The molecule has 1 aliphatic rings. The number of rotatable bonds is 4. The van der Waals surface area contributed by atoms with Crippen LogP contribution in [0.3, 0.4) is 0 Å². The predicted molar refractivity (Wildman–Crippen MR) is 78.1 cm³/mol. The molecule has 4 heteroatoms. The fourth-order valence-corrected chi connectivity index (χ4v) is 2.08. The average Bonchev–Trinajstić information content (AvgIpc) is 2.88. The minimum absolute atomic E-state index is 0.0665. The summed E-state index contributed by atoms with van der Waals surface area (Å²) in [5.74, 6) is 0.705. The Labute approximate surface area is 120 Å². The highest BCUT2D eigenvalue weighted by atomic mass is 16.5. The molecule has 1 saturated heterocycles. The van der Waals surface area contributed by atoms with Crippen molar-refractivity contribution in [3.63, 3.8) is 0 Å². The Morgan fingerprint density at radius 3 is 2.60 bits per heavy atom. The van der Waals surface area contributed by atoms with Gasteiger partial charge in [-0.25, -0.2) is 0 Å². The van der Waals surface area contributed by atoms with Gasteiger partial charge in [-0.2, -0.15) is 0 Å². The van der Waals surface area contributed by atoms with E-state index in [0.29, 0.717) is 12.2 Å². The predicted octanol–water partition coefficient (Wildman–Crippen LogP) is 2.77. The third-order valence-corrected chi connectivity index (χ3v) is 3.06. The Balaban J connectivity index is 1.87. The van der Waals surface area contributed by atoms with Crippen LogP contribution in [-0.2, 0) is 4.74 Å². The van der Waals surface area contributed by atoms with Gasteiger partial charge in [0, 0.05) is 17.7 Å². The minimum Gasteiger partial charge on any atom is -0.491 e. The van der Waals surface area contributed by atoms with E-state index >= 15 is 0 Å². The summed E-state index contributed by atoms with van der Waals surface area (Å²) in [6, 6.07) is 7.22. The van der Waals surface area contributed by atoms with Crippen molar-refractivity contribution in [2.24, 2.45) is 0 Å². The first-order valence-corrected chi connectivity index (χ1v) is 7.11. The monoisotopic (exact) mass is 277 g/mol. The first-order valence-electron chi connectivity index (χ1n) is 7.11. The van der Waals surface area contributed by atoms with Crippen molar-refractivity contribution in [3.05, 3.63) is 29.8 Å². The van der Waals surface area contributed by atoms with Crippen molar-refractivity contribution in [2.75, 3.05) is 13.2 Å². The molecule has 0 saturated carbocycles. The molecule has 1 fully saturated rings. The zero-order chi connectivity index (χ0) is 14.6. The van der Waals surface area contributed by atoms with E-state index in [4.69, 9.17) is 9.47 Å². The molecule has 1 N–H and O–H groups in total. The number of hydrogen-bond acceptors (Lipinski definition) is 3. The molecule has 0 spiro atoms. The fourth-order valence-electron chi connectivity index (χ4n) is 2.08. The first-order chi connectivity index (χ1) is 9.44. The number of ether oxygens (including phenoxy) is 2. The van der Waals surface area contributed by atoms with E-state index in [2.05, 4.69) is 5.32 Å². The molecule has 0 unspecified atom stereocenters. The van der Waals surface area contributed by atoms with Crippen LogP contribution < -0.4 is 10.1 Å². The lowest BCUT2D eigenvalue weighted by Crippen LogP contribution is -2.40. The lowest BCUT2D eigenvalue weighted by molar-refractivity contribution is 0.0679. The highest BCUT2D eigenvalue weighted by Crippen LogP contribution is 2.17. The van der Waals surface area contributed by atoms with Crippen LogP contribution in [0.2, 0.25) is 0 Å². The van der Waals surface area contributed by atoms with E-state index in [1.807, 2.05) is 32.9 Å². The molecule has 0 aliphatic carbocycles. The summed E-state index contributed by atoms with van der Waals surface area (Å²) in [6.45, 7) is 7.30. The second-order valence-corrected chi connectivity index (χ2v) is 6.17. The van der Waals surface area contributed by atoms with Crippen LogP contribution in [0.25, 0.3) is 0 Å². The molecule has 1 aliphatic heterocycles. The molecule has 0 bridgehead atoms. The minimum atomic E-state index is -0.230. The fraction of sp³-hybridized carbons (Fsp3) is 0.562. The van der Waals surface area contributed by atoms with Gasteiger partial charge in [0.25, 0.3) is 5.91 Å². The van der Waals surface area contributed by atoms with Gasteiger partial charge in [0.2, 0.25) is 0 Å². The second kappa shape index (κ2) is 6.27. The molecule has 0 aromatic heterocycles. The molecule has 1 atom stereocenters. The Bertz CT molecular complexity index is 442. The second-order valence-electron chi connectivity index (χ2n) is 6.17. The number of benzene rings is 1. The van der Waals surface area contributed by atoms with Gasteiger partial charge in [0.1, 0.15) is 12.4 Å². The zero-order valence-corrected chi connectivity index (χ0v) is 12.4. The van der Waals surface area contributed by atoms with Gasteiger partial charge < -0.3 is 14.8 Å². The van der Waals surface area contributed by atoms with Gasteiger partial charge in [-0.1, -0.05) is 0 Å². The highest BCUT2D eigenvalue weighted by molar-refractivity contribution is 5.94. The molecule has 0 radical (unpaired) electrons. The van der Waals surface area contributed by atoms with Crippen molar-refractivity contribution in [1.29, 1.82) is 0 Å². The summed E-state index contributed by atoms with van der Waals surface area (Å²) in [5.41, 5.74) is 0.413. The van der Waals surface area contributed by atoms with Crippen molar-refractivity contribution in [3.8, 4) is 5.75 Å². The summed E-state index contributed by atoms with van der Waals surface area (Å²) < 4.78 is 11.2. The van der Waals surface area contributed by atoms with Crippen LogP contribution >= 0.6 is 0 Å². The van der Waals surface area contributed by atoms with Crippen LogP contribution in [0.4, 0.5) is 0 Å². The lowest BCUT2D eigenvalue weighted by Gasteiger charge is -2.20. The Morgan fingerprint density at radius 2 is 2.05 bits per heavy atom. The zero-order valence-electron chi connectivity index (χ0n) is 12.4. The molecule has 110 valence electrons. The summed E-state index contributed by atoms with van der Waals surface area (Å²) in [5, 5.41) is 2.93. The van der Waals surface area contributed by atoms with Crippen molar-refractivity contribution in [1.82, 2.24) is 5.32 Å². The van der Waals surface area contributed by atoms with Crippen LogP contribution in [0.1, 0.15) is 44.0 Å². The number of amides is 1. The van der Waals surface area contributed by atoms with Crippen LogP contribution in [0.15, 0.2) is 24.3 Å². The molecule has 20 heavy (non-hydrogen) atoms. The number of hydrogen-bond donors (Lipinski definition) is 1. The van der Waals surface area contributed by atoms with Gasteiger partial charge in [0.05, 0.1) is 6.10 Å². The van der Waals surface area contributed by atoms with Gasteiger partial charge >= 0.3 is 0 Å². The number of carbonyl (C=O) groups excluding carboxylic acids is 1. The largest absolute Gasteiger partial charge is 0.491 e. The molecule has 1 aromatic carbocycles. The molecule has 1 aromatic rings. The van der Waals surface area contributed by atoms with E-state index in [1.54, 1.807) is 12.1 Å². The third-order valence-electron chi connectivity index (χ3n) is 3.06. The molecule has 2 rings (SSSR count). The van der Waals surface area contributed by atoms with Crippen LogP contribution in [0.5, 0.6) is 5.75 Å². The average molecular weight is 277 g/mol. The van der Waals surface area contributed by atoms with Gasteiger partial charge in [-0.3, -0.25) is 4.79 Å². The van der Waals surface area contributed by atoms with Crippen LogP contribution in [-0.4, -0.2) is 30.8 Å². The maximum Gasteiger partial charge on any atom is 0.251 e. The van der Waals surface area contributed by atoms with E-state index in [-0.39, 0.29) is 17.6 Å². The number of nitrogens with one attached hydrogen (secondary N) is 1. The van der Waals surface area contributed by atoms with Gasteiger partial charge in [0.15, 0.2) is 0 Å². The molecule has 1 heterocycles. The Kier molecular flexibility index (Phi) is 4.65. The standard InChI is InChI=1S/C16H23NO3/c1-16(2,3)17-15(18)12-6-8-13(9-7-12)20-11-14-5-4-10-19-14/h6-9,14H,4-5,10-11H2,1-3H3,(H,17,18)/t14-/m1/s1. The highest BCUT2D eigenvalue weighted by Gasteiger charge is 2.17. The molecular weight excluding hydrogens is 254 g/mol. The molecular formula is C16H23NO3. The van der Waals surface area contributed by atoms with Crippen molar-refractivity contribution in [2.45, 2.75) is 45.3 Å². The maximum absolute atomic E-state index is 12.0. The summed E-state index contributed by atoms with van der Waals surface area (Å²) >= 11 is 0. The maximum atomic E-state index is 12.0. The summed E-state index contributed by atoms with van der Waals surface area (Å²) in [7, 11) is 0. The van der Waals surface area contributed by atoms with Crippen LogP contribution in [0, 0.1) is 0 Å². The van der Waals surface area contributed by atoms with E-state index in [1.165, 1.54) is 0 Å². The van der Waals surface area contributed by atoms with Gasteiger partial charge in [-0.15, -0.1) is 0 Å². The van der Waals surface area contributed by atoms with E-state index in [9.17, 15) is 4.79 Å². The lowest BCUT2D eigenvalue weighted by atomic mass is 10.1. The number of carbonyl (C=O) groups is 1. The first kappa shape index (κ1) is 14.9. The Hall–Kier alpha value is -1.55. The molecule has 1 amide bonds. The van der Waals surface area contributed by atoms with Crippen molar-refractivity contribution < 1.29 is 14.3 Å². The SMILES string of the molecule is CC(C)(C)NC(=O)c1ccc(OC[C@H]2CCCO2)cc1. The molecule has 4 nitrogen and oxygen atoms in total. The summed E-state index contributed by atoms with van der Waals surface area (Å²) in [6.07, 6.45) is 2.38. The van der Waals surface area contributed by atoms with Gasteiger partial charge in [-0.05, 0) is 57.9 Å². The topological polar surface area (TPSA) is 47.6 Å². The van der Waals surface area contributed by atoms with E-state index < -0.39 is 0 Å². The Morgan fingerprint density at radius 1 is 1.35 bits per heavy atom. The summed E-state index contributed by atoms with van der Waals surface area (Å²) in [4.78, 5) is 12.0. The van der Waals surface area contributed by atoms with Crippen molar-refractivity contribution >= 4 is 5.91 Å². The third kappa shape index (κ3) is 4.53.